The smallest absolute Gasteiger partial charge is 0.204 e. The Labute approximate surface area is 76.8 Å². The quantitative estimate of drug-likeness (QED) is 0.670. The SMILES string of the molecule is CCC(C)N(C(C)CC)[SH](=O)=O. The van der Waals surface area contributed by atoms with Gasteiger partial charge in [0.25, 0.3) is 0 Å². The standard InChI is InChI=1S/C8H19NO2S/c1-5-7(3)9(12(10)11)8(4)6-2/h7-8,12H,5-6H2,1-4H3. The van der Waals surface area contributed by atoms with Crippen LogP contribution in [0.1, 0.15) is 40.5 Å². The molecule has 0 bridgehead atoms. The zero-order valence-corrected chi connectivity index (χ0v) is 9.17. The van der Waals surface area contributed by atoms with Gasteiger partial charge in [0, 0.05) is 12.1 Å². The average Bonchev–Trinajstić information content (AvgIpc) is 2.03. The molecule has 12 heavy (non-hydrogen) atoms. The molecular formula is C8H19NO2S. The molecule has 4 heteroatoms. The third kappa shape index (κ3) is 3.11. The molecule has 0 saturated heterocycles. The first-order chi connectivity index (χ1) is 5.54. The lowest BCUT2D eigenvalue weighted by Crippen LogP contribution is -2.38. The lowest BCUT2D eigenvalue weighted by molar-refractivity contribution is 0.270. The van der Waals surface area contributed by atoms with Gasteiger partial charge in [0.15, 0.2) is 0 Å². The number of hydrogen-bond acceptors (Lipinski definition) is 2. The van der Waals surface area contributed by atoms with Crippen LogP contribution in [0.5, 0.6) is 0 Å². The lowest BCUT2D eigenvalue weighted by atomic mass is 10.2. The highest BCUT2D eigenvalue weighted by Gasteiger charge is 2.19. The summed E-state index contributed by atoms with van der Waals surface area (Å²) in [7, 11) is -2.42. The first kappa shape index (κ1) is 11.9. The highest BCUT2D eigenvalue weighted by Crippen LogP contribution is 2.10. The van der Waals surface area contributed by atoms with Crippen molar-refractivity contribution < 1.29 is 8.42 Å². The predicted octanol–water partition coefficient (Wildman–Crippen LogP) is 1.41. The Morgan fingerprint density at radius 1 is 1.08 bits per heavy atom. The third-order valence-electron chi connectivity index (χ3n) is 2.27. The molecule has 0 aromatic heterocycles. The second-order valence-electron chi connectivity index (χ2n) is 3.13. The molecule has 0 saturated carbocycles. The zero-order valence-electron chi connectivity index (χ0n) is 8.28. The van der Waals surface area contributed by atoms with Crippen molar-refractivity contribution in [1.82, 2.24) is 4.31 Å². The van der Waals surface area contributed by atoms with Crippen LogP contribution in [0.2, 0.25) is 0 Å². The van der Waals surface area contributed by atoms with Crippen molar-refractivity contribution >= 4 is 10.9 Å². The van der Waals surface area contributed by atoms with Crippen molar-refractivity contribution in [2.45, 2.75) is 52.6 Å². The maximum atomic E-state index is 10.9. The van der Waals surface area contributed by atoms with Crippen LogP contribution in [0.4, 0.5) is 0 Å². The molecule has 0 aliphatic rings. The van der Waals surface area contributed by atoms with Gasteiger partial charge in [0.2, 0.25) is 10.9 Å². The van der Waals surface area contributed by atoms with Gasteiger partial charge in [-0.2, -0.15) is 4.31 Å². The van der Waals surface area contributed by atoms with Crippen LogP contribution in [0.15, 0.2) is 0 Å². The summed E-state index contributed by atoms with van der Waals surface area (Å²) in [6.07, 6.45) is 1.74. The Balaban J connectivity index is 4.43. The fourth-order valence-corrected chi connectivity index (χ4v) is 2.10. The van der Waals surface area contributed by atoms with E-state index in [2.05, 4.69) is 0 Å². The van der Waals surface area contributed by atoms with E-state index in [1.54, 1.807) is 4.31 Å². The minimum absolute atomic E-state index is 0.126. The van der Waals surface area contributed by atoms with Gasteiger partial charge in [-0.15, -0.1) is 0 Å². The largest absolute Gasteiger partial charge is 0.215 e. The molecule has 2 unspecified atom stereocenters. The molecule has 0 N–H and O–H groups in total. The molecule has 0 amide bonds. The molecule has 0 spiro atoms. The summed E-state index contributed by atoms with van der Waals surface area (Å²) in [4.78, 5) is 0. The molecule has 0 heterocycles. The molecular weight excluding hydrogens is 174 g/mol. The Morgan fingerprint density at radius 2 is 1.42 bits per heavy atom. The Kier molecular flexibility index (Phi) is 5.50. The minimum atomic E-state index is -2.42. The zero-order chi connectivity index (χ0) is 9.72. The van der Waals surface area contributed by atoms with E-state index in [4.69, 9.17) is 0 Å². The first-order valence-electron chi connectivity index (χ1n) is 4.47. The Hall–Kier alpha value is -0.0900. The molecule has 0 aromatic rings. The van der Waals surface area contributed by atoms with Crippen LogP contribution >= 0.6 is 0 Å². The van der Waals surface area contributed by atoms with Gasteiger partial charge in [-0.3, -0.25) is 0 Å². The van der Waals surface area contributed by atoms with E-state index < -0.39 is 10.9 Å². The fraction of sp³-hybridized carbons (Fsp3) is 1.00. The van der Waals surface area contributed by atoms with Crippen molar-refractivity contribution in [2.75, 3.05) is 0 Å². The van der Waals surface area contributed by atoms with Gasteiger partial charge in [0.1, 0.15) is 0 Å². The van der Waals surface area contributed by atoms with Crippen LogP contribution in [0, 0.1) is 0 Å². The predicted molar refractivity (Wildman–Crippen MR) is 51.7 cm³/mol. The van der Waals surface area contributed by atoms with E-state index in [1.807, 2.05) is 27.7 Å². The first-order valence-corrected chi connectivity index (χ1v) is 5.60. The van der Waals surface area contributed by atoms with Crippen LogP contribution in [0.25, 0.3) is 0 Å². The number of nitrogens with zero attached hydrogens (tertiary/aromatic N) is 1. The summed E-state index contributed by atoms with van der Waals surface area (Å²) in [6.45, 7) is 7.88. The highest BCUT2D eigenvalue weighted by molar-refractivity contribution is 7.69. The van der Waals surface area contributed by atoms with Crippen LogP contribution in [0.3, 0.4) is 0 Å². The monoisotopic (exact) mass is 193 g/mol. The number of thiol groups is 1. The van der Waals surface area contributed by atoms with Gasteiger partial charge >= 0.3 is 0 Å². The van der Waals surface area contributed by atoms with Crippen molar-refractivity contribution in [3.05, 3.63) is 0 Å². The average molecular weight is 193 g/mol. The molecule has 0 aliphatic carbocycles. The molecule has 0 rings (SSSR count). The van der Waals surface area contributed by atoms with Gasteiger partial charge in [-0.1, -0.05) is 13.8 Å². The van der Waals surface area contributed by atoms with E-state index >= 15 is 0 Å². The summed E-state index contributed by atoms with van der Waals surface area (Å²) in [6, 6.07) is 0.252. The number of rotatable bonds is 5. The van der Waals surface area contributed by atoms with E-state index in [-0.39, 0.29) is 12.1 Å². The summed E-state index contributed by atoms with van der Waals surface area (Å²) < 4.78 is 23.3. The van der Waals surface area contributed by atoms with E-state index in [0.29, 0.717) is 0 Å². The van der Waals surface area contributed by atoms with E-state index in [0.717, 1.165) is 12.8 Å². The Morgan fingerprint density at radius 3 is 1.58 bits per heavy atom. The molecule has 74 valence electrons. The molecule has 0 aliphatic heterocycles. The van der Waals surface area contributed by atoms with Crippen molar-refractivity contribution in [3.63, 3.8) is 0 Å². The van der Waals surface area contributed by atoms with Crippen LogP contribution in [-0.2, 0) is 10.9 Å². The molecule has 0 aromatic carbocycles. The molecule has 3 nitrogen and oxygen atoms in total. The molecule has 0 radical (unpaired) electrons. The summed E-state index contributed by atoms with van der Waals surface area (Å²) in [5, 5.41) is 0. The van der Waals surface area contributed by atoms with Crippen LogP contribution < -0.4 is 0 Å². The summed E-state index contributed by atoms with van der Waals surface area (Å²) in [5.41, 5.74) is 0. The highest BCUT2D eigenvalue weighted by atomic mass is 32.2. The van der Waals surface area contributed by atoms with Crippen molar-refractivity contribution in [2.24, 2.45) is 0 Å². The molecule has 0 fully saturated rings. The second-order valence-corrected chi connectivity index (χ2v) is 4.07. The maximum absolute atomic E-state index is 10.9. The lowest BCUT2D eigenvalue weighted by Gasteiger charge is -2.27. The van der Waals surface area contributed by atoms with Gasteiger partial charge in [0.05, 0.1) is 0 Å². The topological polar surface area (TPSA) is 37.4 Å². The fourth-order valence-electron chi connectivity index (χ4n) is 1.13. The maximum Gasteiger partial charge on any atom is 0.204 e. The Bertz CT molecular complexity index is 173. The third-order valence-corrected chi connectivity index (χ3v) is 3.44. The summed E-state index contributed by atoms with van der Waals surface area (Å²) in [5.74, 6) is 0. The summed E-state index contributed by atoms with van der Waals surface area (Å²) >= 11 is 0. The van der Waals surface area contributed by atoms with Gasteiger partial charge in [-0.05, 0) is 26.7 Å². The minimum Gasteiger partial charge on any atom is -0.215 e. The number of hydrogen-bond donors (Lipinski definition) is 1. The molecule has 2 atom stereocenters. The van der Waals surface area contributed by atoms with Crippen molar-refractivity contribution in [3.8, 4) is 0 Å². The van der Waals surface area contributed by atoms with Crippen molar-refractivity contribution in [1.29, 1.82) is 0 Å². The van der Waals surface area contributed by atoms with E-state index in [1.165, 1.54) is 0 Å². The van der Waals surface area contributed by atoms with Gasteiger partial charge < -0.3 is 0 Å². The van der Waals surface area contributed by atoms with Crippen LogP contribution in [-0.4, -0.2) is 24.8 Å². The normalized spacial score (nSPS) is 16.8. The second kappa shape index (κ2) is 5.54. The van der Waals surface area contributed by atoms with Gasteiger partial charge in [-0.25, -0.2) is 8.42 Å². The van der Waals surface area contributed by atoms with E-state index in [9.17, 15) is 8.42 Å².